The van der Waals surface area contributed by atoms with Gasteiger partial charge in [0.2, 0.25) is 0 Å². The summed E-state index contributed by atoms with van der Waals surface area (Å²) in [7, 11) is 0. The van der Waals surface area contributed by atoms with E-state index in [1.54, 1.807) is 24.3 Å². The van der Waals surface area contributed by atoms with Crippen LogP contribution in [-0.4, -0.2) is 17.6 Å². The first kappa shape index (κ1) is 14.5. The van der Waals surface area contributed by atoms with E-state index in [1.165, 1.54) is 11.3 Å². The summed E-state index contributed by atoms with van der Waals surface area (Å²) in [6.07, 6.45) is 0. The molecule has 4 nitrogen and oxygen atoms in total. The molecular formula is C16H9ClN2O2S. The molecule has 6 heteroatoms. The number of thiophene rings is 1. The van der Waals surface area contributed by atoms with Crippen molar-refractivity contribution in [3.63, 3.8) is 0 Å². The van der Waals surface area contributed by atoms with E-state index in [0.29, 0.717) is 26.5 Å². The van der Waals surface area contributed by atoms with Crippen LogP contribution in [-0.2, 0) is 4.74 Å². The van der Waals surface area contributed by atoms with Gasteiger partial charge in [-0.25, -0.2) is 9.78 Å². The van der Waals surface area contributed by atoms with Crippen LogP contribution in [0.4, 0.5) is 0 Å². The second kappa shape index (κ2) is 6.14. The molecule has 0 atom stereocenters. The third-order valence-electron chi connectivity index (χ3n) is 3.03. The number of fused-ring (bicyclic) bond motifs is 1. The topological polar surface area (TPSA) is 63.0 Å². The minimum atomic E-state index is -0.538. The van der Waals surface area contributed by atoms with E-state index in [0.717, 1.165) is 4.88 Å². The standard InChI is InChI=1S/C16H9ClN2O2S/c17-15-6-5-14(22-15)13-9-11(16(20)21-8-7-18)10-3-1-2-4-12(10)19-13/h1-6,9H,8H2. The zero-order valence-electron chi connectivity index (χ0n) is 11.2. The van der Waals surface area contributed by atoms with Crippen molar-refractivity contribution in [2.24, 2.45) is 0 Å². The van der Waals surface area contributed by atoms with E-state index in [2.05, 4.69) is 4.98 Å². The van der Waals surface area contributed by atoms with Crippen LogP contribution in [0.3, 0.4) is 0 Å². The molecule has 108 valence electrons. The van der Waals surface area contributed by atoms with Crippen LogP contribution in [0.2, 0.25) is 4.34 Å². The summed E-state index contributed by atoms with van der Waals surface area (Å²) in [6, 6.07) is 14.4. The average molecular weight is 329 g/mol. The van der Waals surface area contributed by atoms with Crippen LogP contribution < -0.4 is 0 Å². The third kappa shape index (κ3) is 2.80. The van der Waals surface area contributed by atoms with Crippen LogP contribution in [0.25, 0.3) is 21.5 Å². The van der Waals surface area contributed by atoms with Crippen molar-refractivity contribution < 1.29 is 9.53 Å². The number of rotatable bonds is 3. The van der Waals surface area contributed by atoms with Gasteiger partial charge in [0.1, 0.15) is 6.07 Å². The number of pyridine rings is 1. The number of aromatic nitrogens is 1. The molecule has 0 amide bonds. The second-order valence-corrected chi connectivity index (χ2v) is 6.13. The zero-order valence-corrected chi connectivity index (χ0v) is 12.8. The van der Waals surface area contributed by atoms with Crippen LogP contribution in [0.1, 0.15) is 10.4 Å². The van der Waals surface area contributed by atoms with Gasteiger partial charge < -0.3 is 4.74 Å². The number of nitrogens with zero attached hydrogens (tertiary/aromatic N) is 2. The highest BCUT2D eigenvalue weighted by Crippen LogP contribution is 2.32. The van der Waals surface area contributed by atoms with Crippen molar-refractivity contribution in [1.29, 1.82) is 5.26 Å². The van der Waals surface area contributed by atoms with Gasteiger partial charge in [-0.15, -0.1) is 11.3 Å². The number of ether oxygens (including phenoxy) is 1. The molecule has 2 heterocycles. The van der Waals surface area contributed by atoms with Crippen molar-refractivity contribution in [2.45, 2.75) is 0 Å². The van der Waals surface area contributed by atoms with Gasteiger partial charge in [0.25, 0.3) is 0 Å². The smallest absolute Gasteiger partial charge is 0.339 e. The second-order valence-electron chi connectivity index (χ2n) is 4.41. The zero-order chi connectivity index (χ0) is 15.5. The summed E-state index contributed by atoms with van der Waals surface area (Å²) in [5.41, 5.74) is 1.73. The first-order chi connectivity index (χ1) is 10.7. The van der Waals surface area contributed by atoms with Crippen LogP contribution in [0.15, 0.2) is 42.5 Å². The van der Waals surface area contributed by atoms with Gasteiger partial charge >= 0.3 is 5.97 Å². The summed E-state index contributed by atoms with van der Waals surface area (Å²) >= 11 is 7.35. The van der Waals surface area contributed by atoms with Crippen molar-refractivity contribution >= 4 is 39.8 Å². The Morgan fingerprint density at radius 2 is 2.14 bits per heavy atom. The first-order valence-corrected chi connectivity index (χ1v) is 7.58. The van der Waals surface area contributed by atoms with Gasteiger partial charge in [-0.1, -0.05) is 29.8 Å². The fourth-order valence-electron chi connectivity index (χ4n) is 2.10. The minimum Gasteiger partial charge on any atom is -0.447 e. The Labute approximate surface area is 135 Å². The number of halogens is 1. The highest BCUT2D eigenvalue weighted by Gasteiger charge is 2.15. The molecule has 1 aromatic carbocycles. The molecule has 0 aliphatic carbocycles. The summed E-state index contributed by atoms with van der Waals surface area (Å²) in [5.74, 6) is -0.538. The van der Waals surface area contributed by atoms with Crippen molar-refractivity contribution in [3.8, 4) is 16.6 Å². The highest BCUT2D eigenvalue weighted by atomic mass is 35.5. The Hall–Kier alpha value is -2.42. The first-order valence-electron chi connectivity index (χ1n) is 6.38. The summed E-state index contributed by atoms with van der Waals surface area (Å²) < 4.78 is 5.58. The minimum absolute atomic E-state index is 0.282. The largest absolute Gasteiger partial charge is 0.447 e. The van der Waals surface area contributed by atoms with Crippen molar-refractivity contribution in [3.05, 3.63) is 52.4 Å². The Balaban J connectivity index is 2.16. The molecule has 0 unspecified atom stereocenters. The van der Waals surface area contributed by atoms with Gasteiger partial charge in [-0.05, 0) is 24.3 Å². The van der Waals surface area contributed by atoms with E-state index in [4.69, 9.17) is 21.6 Å². The Kier molecular flexibility index (Phi) is 4.05. The van der Waals surface area contributed by atoms with E-state index in [1.807, 2.05) is 24.3 Å². The Morgan fingerprint density at radius 1 is 1.32 bits per heavy atom. The summed E-state index contributed by atoms with van der Waals surface area (Å²) in [4.78, 5) is 17.6. The predicted octanol–water partition coefficient (Wildman–Crippen LogP) is 4.30. The molecule has 0 spiro atoms. The fourth-order valence-corrected chi connectivity index (χ4v) is 3.10. The van der Waals surface area contributed by atoms with E-state index in [-0.39, 0.29) is 6.61 Å². The molecule has 0 saturated heterocycles. The normalized spacial score (nSPS) is 10.4. The quantitative estimate of drug-likeness (QED) is 0.672. The third-order valence-corrected chi connectivity index (χ3v) is 4.28. The molecule has 0 bridgehead atoms. The Bertz CT molecular complexity index is 899. The lowest BCUT2D eigenvalue weighted by Crippen LogP contribution is -2.07. The van der Waals surface area contributed by atoms with Crippen molar-refractivity contribution in [2.75, 3.05) is 6.61 Å². The van der Waals surface area contributed by atoms with Gasteiger partial charge in [-0.3, -0.25) is 0 Å². The number of para-hydroxylation sites is 1. The van der Waals surface area contributed by atoms with Gasteiger partial charge in [0, 0.05) is 5.39 Å². The van der Waals surface area contributed by atoms with Crippen LogP contribution in [0, 0.1) is 11.3 Å². The van der Waals surface area contributed by atoms with Crippen LogP contribution >= 0.6 is 22.9 Å². The number of hydrogen-bond donors (Lipinski definition) is 0. The molecule has 0 N–H and O–H groups in total. The maximum Gasteiger partial charge on any atom is 0.339 e. The highest BCUT2D eigenvalue weighted by molar-refractivity contribution is 7.19. The lowest BCUT2D eigenvalue weighted by atomic mass is 10.1. The lowest BCUT2D eigenvalue weighted by molar-refractivity contribution is 0.0557. The molecule has 0 aliphatic rings. The number of carbonyl (C=O) groups excluding carboxylic acids is 1. The van der Waals surface area contributed by atoms with E-state index >= 15 is 0 Å². The molecule has 0 radical (unpaired) electrons. The summed E-state index contributed by atoms with van der Waals surface area (Å²) in [5, 5.41) is 9.25. The monoisotopic (exact) mass is 328 g/mol. The van der Waals surface area contributed by atoms with Crippen LogP contribution in [0.5, 0.6) is 0 Å². The summed E-state index contributed by atoms with van der Waals surface area (Å²) in [6.45, 7) is -0.282. The number of carbonyl (C=O) groups is 1. The van der Waals surface area contributed by atoms with Gasteiger partial charge in [-0.2, -0.15) is 5.26 Å². The lowest BCUT2D eigenvalue weighted by Gasteiger charge is -2.07. The van der Waals surface area contributed by atoms with Crippen molar-refractivity contribution in [1.82, 2.24) is 4.98 Å². The predicted molar refractivity (Wildman–Crippen MR) is 86.0 cm³/mol. The molecule has 3 rings (SSSR count). The molecule has 0 saturated carbocycles. The molecule has 2 aromatic heterocycles. The van der Waals surface area contributed by atoms with Gasteiger partial charge in [0.05, 0.1) is 26.0 Å². The van der Waals surface area contributed by atoms with E-state index in [9.17, 15) is 4.79 Å². The van der Waals surface area contributed by atoms with E-state index < -0.39 is 5.97 Å². The SMILES string of the molecule is N#CCOC(=O)c1cc(-c2ccc(Cl)s2)nc2ccccc12. The average Bonchev–Trinajstić information content (AvgIpc) is 2.98. The number of esters is 1. The van der Waals surface area contributed by atoms with Gasteiger partial charge in [0.15, 0.2) is 6.61 Å². The molecule has 0 fully saturated rings. The molecule has 0 aliphatic heterocycles. The fraction of sp³-hybridized carbons (Fsp3) is 0.0625. The molecule has 3 aromatic rings. The number of benzene rings is 1. The maximum absolute atomic E-state index is 12.2. The maximum atomic E-state index is 12.2. The molecular weight excluding hydrogens is 320 g/mol. The molecule has 22 heavy (non-hydrogen) atoms. The number of hydrogen-bond acceptors (Lipinski definition) is 5. The number of nitriles is 1. The Morgan fingerprint density at radius 3 is 2.86 bits per heavy atom.